The molecule has 1 N–H and O–H groups in total. The van der Waals surface area contributed by atoms with Crippen LogP contribution in [0.1, 0.15) is 21.7 Å². The molecule has 0 saturated carbocycles. The van der Waals surface area contributed by atoms with Crippen molar-refractivity contribution in [2.75, 3.05) is 27.2 Å². The molecule has 1 fully saturated rings. The zero-order chi connectivity index (χ0) is 14.9. The maximum atomic E-state index is 12.7. The van der Waals surface area contributed by atoms with Crippen molar-refractivity contribution in [3.8, 4) is 0 Å². The summed E-state index contributed by atoms with van der Waals surface area (Å²) < 4.78 is 31.5. The molecule has 1 aromatic heterocycles. The molecule has 0 aromatic carbocycles. The molecule has 6 nitrogen and oxygen atoms in total. The predicted molar refractivity (Wildman–Crippen MR) is 83.9 cm³/mol. The molecule has 2 rings (SSSR count). The highest BCUT2D eigenvalue weighted by molar-refractivity contribution is 7.89. The molecule has 1 saturated heterocycles. The maximum absolute atomic E-state index is 12.7. The van der Waals surface area contributed by atoms with E-state index in [1.165, 1.54) is 11.4 Å². The number of ether oxygens (including phenoxy) is 1. The van der Waals surface area contributed by atoms with Crippen LogP contribution in [0.4, 0.5) is 0 Å². The average molecular weight is 355 g/mol. The third kappa shape index (κ3) is 3.40. The van der Waals surface area contributed by atoms with Gasteiger partial charge in [0.2, 0.25) is 10.0 Å². The van der Waals surface area contributed by atoms with Crippen LogP contribution in [0.25, 0.3) is 0 Å². The lowest BCUT2D eigenvalue weighted by Gasteiger charge is -2.17. The van der Waals surface area contributed by atoms with Crippen molar-refractivity contribution < 1.29 is 17.9 Å². The first-order valence-electron chi connectivity index (χ1n) is 6.25. The zero-order valence-electron chi connectivity index (χ0n) is 12.1. The zero-order valence-corrected chi connectivity index (χ0v) is 14.5. The van der Waals surface area contributed by atoms with Crippen molar-refractivity contribution in [2.45, 2.75) is 24.3 Å². The smallest absolute Gasteiger partial charge is 0.349 e. The van der Waals surface area contributed by atoms with Gasteiger partial charge >= 0.3 is 5.97 Å². The molecule has 21 heavy (non-hydrogen) atoms. The van der Waals surface area contributed by atoms with Crippen molar-refractivity contribution in [1.29, 1.82) is 0 Å². The number of halogens is 1. The number of rotatable bonds is 4. The second-order valence-corrected chi connectivity index (χ2v) is 7.46. The van der Waals surface area contributed by atoms with Gasteiger partial charge in [0.1, 0.15) is 9.77 Å². The highest BCUT2D eigenvalue weighted by atomic mass is 35.5. The third-order valence-electron chi connectivity index (χ3n) is 3.45. The number of carbonyl (C=O) groups is 1. The highest BCUT2D eigenvalue weighted by Crippen LogP contribution is 2.31. The number of hydrogen-bond acceptors (Lipinski definition) is 6. The van der Waals surface area contributed by atoms with Crippen LogP contribution in [0.3, 0.4) is 0 Å². The summed E-state index contributed by atoms with van der Waals surface area (Å²) in [4.78, 5) is 12.0. The van der Waals surface area contributed by atoms with E-state index in [1.807, 2.05) is 7.05 Å². The van der Waals surface area contributed by atoms with Crippen molar-refractivity contribution in [3.05, 3.63) is 15.8 Å². The van der Waals surface area contributed by atoms with E-state index in [2.05, 4.69) is 10.1 Å². The van der Waals surface area contributed by atoms with Gasteiger partial charge in [0, 0.05) is 19.1 Å². The lowest BCUT2D eigenvalue weighted by Crippen LogP contribution is -2.34. The second kappa shape index (κ2) is 7.06. The summed E-state index contributed by atoms with van der Waals surface area (Å²) in [5, 5.41) is 4.75. The fourth-order valence-electron chi connectivity index (χ4n) is 2.30. The van der Waals surface area contributed by atoms with E-state index in [0.717, 1.165) is 17.8 Å². The fraction of sp³-hybridized carbons (Fsp3) is 0.583. The topological polar surface area (TPSA) is 75.7 Å². The van der Waals surface area contributed by atoms with E-state index in [9.17, 15) is 13.2 Å². The average Bonchev–Trinajstić information content (AvgIpc) is 3.04. The van der Waals surface area contributed by atoms with Crippen molar-refractivity contribution >= 4 is 39.7 Å². The van der Waals surface area contributed by atoms with E-state index in [0.29, 0.717) is 18.7 Å². The SMILES string of the molecule is CNC1CCN(S(=O)(=O)c2c(C)csc2C(=O)OC)C1.Cl. The quantitative estimate of drug-likeness (QED) is 0.823. The molecule has 0 spiro atoms. The Morgan fingerprint density at radius 1 is 1.52 bits per heavy atom. The van der Waals surface area contributed by atoms with Crippen LogP contribution in [0.2, 0.25) is 0 Å². The van der Waals surface area contributed by atoms with E-state index < -0.39 is 16.0 Å². The number of nitrogens with zero attached hydrogens (tertiary/aromatic N) is 1. The summed E-state index contributed by atoms with van der Waals surface area (Å²) in [6.07, 6.45) is 0.770. The second-order valence-electron chi connectivity index (χ2n) is 4.71. The van der Waals surface area contributed by atoms with E-state index in [1.54, 1.807) is 12.3 Å². The molecule has 120 valence electrons. The summed E-state index contributed by atoms with van der Waals surface area (Å²) in [6, 6.07) is 0.158. The molecule has 1 aliphatic rings. The van der Waals surface area contributed by atoms with E-state index >= 15 is 0 Å². The van der Waals surface area contributed by atoms with Crippen LogP contribution >= 0.6 is 23.7 Å². The normalized spacial score (nSPS) is 19.3. The van der Waals surface area contributed by atoms with Gasteiger partial charge in [-0.2, -0.15) is 4.31 Å². The minimum atomic E-state index is -3.65. The van der Waals surface area contributed by atoms with Gasteiger partial charge in [-0.3, -0.25) is 0 Å². The van der Waals surface area contributed by atoms with Gasteiger partial charge in [0.25, 0.3) is 0 Å². The molecule has 0 bridgehead atoms. The number of carbonyl (C=O) groups excluding carboxylic acids is 1. The summed E-state index contributed by atoms with van der Waals surface area (Å²) in [5.41, 5.74) is 0.586. The van der Waals surface area contributed by atoms with Gasteiger partial charge in [-0.25, -0.2) is 13.2 Å². The number of thiophene rings is 1. The molecule has 1 unspecified atom stereocenters. The number of methoxy groups -OCH3 is 1. The molecule has 0 amide bonds. The lowest BCUT2D eigenvalue weighted by molar-refractivity contribution is 0.0602. The van der Waals surface area contributed by atoms with E-state index in [4.69, 9.17) is 0 Å². The van der Waals surface area contributed by atoms with Crippen LogP contribution in [0.15, 0.2) is 10.3 Å². The molecule has 0 radical (unpaired) electrons. The summed E-state index contributed by atoms with van der Waals surface area (Å²) >= 11 is 1.11. The number of likely N-dealkylation sites (N-methyl/N-ethyl adjacent to an activating group) is 1. The Labute approximate surface area is 134 Å². The molecule has 1 atom stereocenters. The molecule has 0 aliphatic carbocycles. The fourth-order valence-corrected chi connectivity index (χ4v) is 5.46. The van der Waals surface area contributed by atoms with Gasteiger partial charge in [-0.15, -0.1) is 23.7 Å². The predicted octanol–water partition coefficient (Wildman–Crippen LogP) is 1.25. The Balaban J connectivity index is 0.00000220. The summed E-state index contributed by atoms with van der Waals surface area (Å²) in [6.45, 7) is 2.58. The monoisotopic (exact) mass is 354 g/mol. The first kappa shape index (κ1) is 18.4. The van der Waals surface area contributed by atoms with Gasteiger partial charge in [-0.05, 0) is 31.3 Å². The van der Waals surface area contributed by atoms with Crippen molar-refractivity contribution in [3.63, 3.8) is 0 Å². The molecular weight excluding hydrogens is 336 g/mol. The van der Waals surface area contributed by atoms with Crippen LogP contribution in [-0.4, -0.2) is 52.0 Å². The van der Waals surface area contributed by atoms with E-state index in [-0.39, 0.29) is 28.2 Å². The van der Waals surface area contributed by atoms with Crippen LogP contribution in [-0.2, 0) is 14.8 Å². The van der Waals surface area contributed by atoms with Gasteiger partial charge < -0.3 is 10.1 Å². The molecule has 2 heterocycles. The number of sulfonamides is 1. The highest BCUT2D eigenvalue weighted by Gasteiger charge is 2.36. The molecule has 1 aliphatic heterocycles. The van der Waals surface area contributed by atoms with Crippen molar-refractivity contribution in [1.82, 2.24) is 9.62 Å². The first-order chi connectivity index (χ1) is 9.41. The van der Waals surface area contributed by atoms with Crippen LogP contribution in [0.5, 0.6) is 0 Å². The first-order valence-corrected chi connectivity index (χ1v) is 8.57. The van der Waals surface area contributed by atoms with Crippen molar-refractivity contribution in [2.24, 2.45) is 0 Å². The number of nitrogens with one attached hydrogen (secondary N) is 1. The van der Waals surface area contributed by atoms with Gasteiger partial charge in [0.15, 0.2) is 0 Å². The molecule has 9 heteroatoms. The Morgan fingerprint density at radius 3 is 2.71 bits per heavy atom. The van der Waals surface area contributed by atoms with Crippen LogP contribution in [0, 0.1) is 6.92 Å². The number of aryl methyl sites for hydroxylation is 1. The number of esters is 1. The summed E-state index contributed by atoms with van der Waals surface area (Å²) in [7, 11) is -0.585. The Hall–Kier alpha value is -0.670. The molecular formula is C12H19ClN2O4S2. The van der Waals surface area contributed by atoms with Gasteiger partial charge in [0.05, 0.1) is 7.11 Å². The lowest BCUT2D eigenvalue weighted by atomic mass is 10.3. The van der Waals surface area contributed by atoms with Gasteiger partial charge in [-0.1, -0.05) is 0 Å². The Morgan fingerprint density at radius 2 is 2.19 bits per heavy atom. The Bertz CT molecular complexity index is 615. The third-order valence-corrected chi connectivity index (χ3v) is 6.71. The minimum Gasteiger partial charge on any atom is -0.465 e. The largest absolute Gasteiger partial charge is 0.465 e. The van der Waals surface area contributed by atoms with Crippen LogP contribution < -0.4 is 5.32 Å². The number of hydrogen-bond donors (Lipinski definition) is 1. The standard InChI is InChI=1S/C12H18N2O4S2.ClH/c1-8-7-19-10(12(15)18-3)11(8)20(16,17)14-5-4-9(6-14)13-2;/h7,9,13H,4-6H2,1-3H3;1H. The molecule has 1 aromatic rings. The Kier molecular flexibility index (Phi) is 6.18. The maximum Gasteiger partial charge on any atom is 0.349 e. The minimum absolute atomic E-state index is 0. The summed E-state index contributed by atoms with van der Waals surface area (Å²) in [5.74, 6) is -0.606.